The fourth-order valence-electron chi connectivity index (χ4n) is 3.65. The highest BCUT2D eigenvalue weighted by Gasteiger charge is 2.25. The van der Waals surface area contributed by atoms with Gasteiger partial charge < -0.3 is 14.6 Å². The minimum absolute atomic E-state index is 0.0256. The number of amides is 2. The van der Waals surface area contributed by atoms with E-state index in [1.807, 2.05) is 43.0 Å². The average Bonchev–Trinajstić information content (AvgIpc) is 3.16. The molecule has 0 fully saturated rings. The maximum Gasteiger partial charge on any atom is 0.257 e. The van der Waals surface area contributed by atoms with Crippen LogP contribution >= 0.6 is 23.2 Å². The van der Waals surface area contributed by atoms with Gasteiger partial charge in [-0.2, -0.15) is 0 Å². The van der Waals surface area contributed by atoms with Gasteiger partial charge in [0.2, 0.25) is 5.91 Å². The van der Waals surface area contributed by atoms with E-state index in [2.05, 4.69) is 5.32 Å². The van der Waals surface area contributed by atoms with Crippen molar-refractivity contribution in [2.75, 3.05) is 11.9 Å². The maximum absolute atomic E-state index is 12.6. The van der Waals surface area contributed by atoms with Crippen LogP contribution in [0.2, 0.25) is 10.0 Å². The number of carbonyl (C=O) groups is 2. The maximum atomic E-state index is 12.6. The molecule has 0 bridgehead atoms. The van der Waals surface area contributed by atoms with E-state index in [1.165, 1.54) is 6.07 Å². The molecule has 0 unspecified atom stereocenters. The van der Waals surface area contributed by atoms with E-state index in [0.29, 0.717) is 46.6 Å². The van der Waals surface area contributed by atoms with Crippen molar-refractivity contribution in [3.05, 3.63) is 75.5 Å². The van der Waals surface area contributed by atoms with E-state index in [9.17, 15) is 9.59 Å². The lowest BCUT2D eigenvalue weighted by molar-refractivity contribution is -0.135. The van der Waals surface area contributed by atoms with Crippen molar-refractivity contribution in [3.8, 4) is 11.3 Å². The molecule has 4 rings (SSSR count). The van der Waals surface area contributed by atoms with E-state index in [-0.39, 0.29) is 17.7 Å². The van der Waals surface area contributed by atoms with Crippen molar-refractivity contribution in [3.63, 3.8) is 0 Å². The number of hydrogen-bond donors (Lipinski definition) is 1. The molecule has 0 spiro atoms. The number of furan rings is 1. The molecule has 0 saturated carbocycles. The first-order valence-electron chi connectivity index (χ1n) is 10.1. The zero-order valence-corrected chi connectivity index (χ0v) is 18.8. The van der Waals surface area contributed by atoms with Crippen LogP contribution in [-0.4, -0.2) is 23.3 Å². The number of nitrogens with one attached hydrogen (secondary N) is 1. The first-order valence-corrected chi connectivity index (χ1v) is 10.8. The van der Waals surface area contributed by atoms with Crippen LogP contribution in [0.15, 0.2) is 52.9 Å². The lowest BCUT2D eigenvalue weighted by Crippen LogP contribution is -2.37. The molecular formula is C24H22Cl2N2O3. The fraction of sp³-hybridized carbons (Fsp3) is 0.250. The van der Waals surface area contributed by atoms with Crippen LogP contribution in [0.3, 0.4) is 0 Å². The van der Waals surface area contributed by atoms with Gasteiger partial charge in [0.15, 0.2) is 0 Å². The number of nitrogens with zero attached hydrogens (tertiary/aromatic N) is 1. The van der Waals surface area contributed by atoms with E-state index >= 15 is 0 Å². The van der Waals surface area contributed by atoms with Gasteiger partial charge in [0.05, 0.1) is 10.6 Å². The van der Waals surface area contributed by atoms with Gasteiger partial charge in [0.25, 0.3) is 5.91 Å². The number of benzene rings is 2. The van der Waals surface area contributed by atoms with Crippen molar-refractivity contribution in [2.24, 2.45) is 5.92 Å². The van der Waals surface area contributed by atoms with E-state index < -0.39 is 0 Å². The molecule has 0 atom stereocenters. The number of fused-ring (bicyclic) bond motifs is 1. The second-order valence-electron chi connectivity index (χ2n) is 7.88. The number of hydrogen-bond acceptors (Lipinski definition) is 3. The summed E-state index contributed by atoms with van der Waals surface area (Å²) in [5, 5.41) is 3.63. The molecule has 2 amide bonds. The molecule has 160 valence electrons. The third-order valence-corrected chi connectivity index (χ3v) is 5.80. The molecule has 7 heteroatoms. The minimum atomic E-state index is -0.319. The van der Waals surface area contributed by atoms with Crippen molar-refractivity contribution < 1.29 is 14.0 Å². The Morgan fingerprint density at radius 1 is 1.10 bits per heavy atom. The Morgan fingerprint density at radius 3 is 2.65 bits per heavy atom. The Morgan fingerprint density at radius 2 is 1.90 bits per heavy atom. The zero-order valence-electron chi connectivity index (χ0n) is 17.2. The molecule has 0 aliphatic carbocycles. The molecule has 1 N–H and O–H groups in total. The molecule has 1 aromatic heterocycles. The summed E-state index contributed by atoms with van der Waals surface area (Å²) in [6.45, 7) is 5.04. The first-order chi connectivity index (χ1) is 14.8. The van der Waals surface area contributed by atoms with Crippen molar-refractivity contribution in [1.29, 1.82) is 0 Å². The molecule has 0 saturated heterocycles. The minimum Gasteiger partial charge on any atom is -0.461 e. The highest BCUT2D eigenvalue weighted by molar-refractivity contribution is 6.37. The monoisotopic (exact) mass is 456 g/mol. The van der Waals surface area contributed by atoms with Gasteiger partial charge in [-0.15, -0.1) is 0 Å². The Labute approximate surface area is 190 Å². The lowest BCUT2D eigenvalue weighted by Gasteiger charge is -2.27. The van der Waals surface area contributed by atoms with E-state index in [0.717, 1.165) is 16.9 Å². The van der Waals surface area contributed by atoms with Crippen LogP contribution in [0.1, 0.15) is 35.5 Å². The number of halogens is 2. The van der Waals surface area contributed by atoms with Gasteiger partial charge >= 0.3 is 0 Å². The summed E-state index contributed by atoms with van der Waals surface area (Å²) >= 11 is 12.0. The predicted molar refractivity (Wildman–Crippen MR) is 123 cm³/mol. The molecule has 1 aliphatic rings. The molecule has 5 nitrogen and oxygen atoms in total. The molecule has 0 radical (unpaired) electrons. The largest absolute Gasteiger partial charge is 0.461 e. The van der Waals surface area contributed by atoms with Gasteiger partial charge in [-0.25, -0.2) is 0 Å². The summed E-state index contributed by atoms with van der Waals surface area (Å²) in [4.78, 5) is 26.8. The summed E-state index contributed by atoms with van der Waals surface area (Å²) in [6, 6.07) is 14.2. The van der Waals surface area contributed by atoms with Gasteiger partial charge in [-0.05, 0) is 36.4 Å². The smallest absolute Gasteiger partial charge is 0.257 e. The molecule has 1 aliphatic heterocycles. The summed E-state index contributed by atoms with van der Waals surface area (Å²) in [6.07, 6.45) is 0.694. The number of anilines is 1. The Hall–Kier alpha value is -2.76. The average molecular weight is 457 g/mol. The second kappa shape index (κ2) is 8.77. The highest BCUT2D eigenvalue weighted by atomic mass is 35.5. The zero-order chi connectivity index (χ0) is 22.1. The number of rotatable bonds is 4. The van der Waals surface area contributed by atoms with Crippen LogP contribution < -0.4 is 5.32 Å². The Balaban J connectivity index is 1.53. The van der Waals surface area contributed by atoms with Crippen molar-refractivity contribution >= 4 is 40.7 Å². The SMILES string of the molecule is CC(C)C(=O)N1CCc2oc(-c3cccc(NC(=O)c4ccc(Cl)cc4Cl)c3)cc2C1. The molecule has 31 heavy (non-hydrogen) atoms. The third kappa shape index (κ3) is 4.63. The van der Waals surface area contributed by atoms with Crippen LogP contribution in [0, 0.1) is 5.92 Å². The third-order valence-electron chi connectivity index (χ3n) is 5.25. The summed E-state index contributed by atoms with van der Waals surface area (Å²) in [7, 11) is 0. The Bertz CT molecular complexity index is 1150. The molecular weight excluding hydrogens is 435 g/mol. The summed E-state index contributed by atoms with van der Waals surface area (Å²) in [5.74, 6) is 1.43. The van der Waals surface area contributed by atoms with Crippen molar-refractivity contribution in [2.45, 2.75) is 26.8 Å². The van der Waals surface area contributed by atoms with Gasteiger partial charge in [0.1, 0.15) is 11.5 Å². The fourth-order valence-corrected chi connectivity index (χ4v) is 4.15. The topological polar surface area (TPSA) is 62.6 Å². The first kappa shape index (κ1) is 21.5. The molecule has 2 heterocycles. The van der Waals surface area contributed by atoms with Crippen LogP contribution in [0.25, 0.3) is 11.3 Å². The van der Waals surface area contributed by atoms with Crippen LogP contribution in [-0.2, 0) is 17.8 Å². The highest BCUT2D eigenvalue weighted by Crippen LogP contribution is 2.31. The Kier molecular flexibility index (Phi) is 6.08. The predicted octanol–water partition coefficient (Wildman–Crippen LogP) is 6.05. The molecule has 2 aromatic carbocycles. The molecule has 3 aromatic rings. The normalized spacial score (nSPS) is 13.3. The van der Waals surface area contributed by atoms with Crippen molar-refractivity contribution in [1.82, 2.24) is 4.90 Å². The van der Waals surface area contributed by atoms with Gasteiger partial charge in [-0.1, -0.05) is 49.2 Å². The quantitative estimate of drug-likeness (QED) is 0.519. The summed E-state index contributed by atoms with van der Waals surface area (Å²) < 4.78 is 6.07. The van der Waals surface area contributed by atoms with Gasteiger partial charge in [0, 0.05) is 47.3 Å². The van der Waals surface area contributed by atoms with E-state index in [1.54, 1.807) is 18.2 Å². The van der Waals surface area contributed by atoms with Gasteiger partial charge in [-0.3, -0.25) is 9.59 Å². The number of carbonyl (C=O) groups excluding carboxylic acids is 2. The lowest BCUT2D eigenvalue weighted by atomic mass is 10.1. The second-order valence-corrected chi connectivity index (χ2v) is 8.73. The standard InChI is InChI=1S/C24H22Cl2N2O3/c1-14(2)24(30)28-9-8-21-16(13-28)11-22(31-21)15-4-3-5-18(10-15)27-23(29)19-7-6-17(25)12-20(19)26/h3-7,10-12,14H,8-9,13H2,1-2H3,(H,27,29). The van der Waals surface area contributed by atoms with E-state index in [4.69, 9.17) is 27.6 Å². The van der Waals surface area contributed by atoms with Crippen LogP contribution in [0.5, 0.6) is 0 Å². The van der Waals surface area contributed by atoms with Crippen LogP contribution in [0.4, 0.5) is 5.69 Å². The summed E-state index contributed by atoms with van der Waals surface area (Å²) in [5.41, 5.74) is 2.84.